The zero-order valence-corrected chi connectivity index (χ0v) is 15.3. The number of rotatable bonds is 9. The van der Waals surface area contributed by atoms with Gasteiger partial charge in [-0.3, -0.25) is 19.2 Å². The number of hydrogen-bond donors (Lipinski definition) is 6. The highest BCUT2D eigenvalue weighted by Crippen LogP contribution is 2.08. The summed E-state index contributed by atoms with van der Waals surface area (Å²) in [4.78, 5) is 47.1. The van der Waals surface area contributed by atoms with Gasteiger partial charge in [0.25, 0.3) is 0 Å². The average Bonchev–Trinajstić information content (AvgIpc) is 3.09. The standard InChI is InChI=1S/C15H26N4O5S/c1-8(2)12(19-14(23)9-4-3-5-16-9)15(24)18-10(7-25)13(22)17-6-11(20)21/h8-10,12,16,25H,3-7H2,1-2H3,(H,17,22)(H,18,24)(H,19,23)(H,20,21). The van der Waals surface area contributed by atoms with Crippen molar-refractivity contribution in [2.24, 2.45) is 5.92 Å². The molecule has 9 nitrogen and oxygen atoms in total. The lowest BCUT2D eigenvalue weighted by atomic mass is 10.0. The summed E-state index contributed by atoms with van der Waals surface area (Å²) >= 11 is 4.02. The van der Waals surface area contributed by atoms with Crippen molar-refractivity contribution in [3.63, 3.8) is 0 Å². The molecule has 10 heteroatoms. The first-order valence-corrected chi connectivity index (χ1v) is 8.84. The van der Waals surface area contributed by atoms with Crippen LogP contribution in [0.25, 0.3) is 0 Å². The molecule has 1 fully saturated rings. The number of nitrogens with one attached hydrogen (secondary N) is 4. The molecule has 5 N–H and O–H groups in total. The average molecular weight is 374 g/mol. The maximum atomic E-state index is 12.5. The molecule has 0 bridgehead atoms. The second kappa shape index (κ2) is 10.2. The van der Waals surface area contributed by atoms with E-state index in [0.717, 1.165) is 19.4 Å². The number of thiol groups is 1. The fourth-order valence-corrected chi connectivity index (χ4v) is 2.70. The minimum absolute atomic E-state index is 0.000134. The predicted octanol–water partition coefficient (Wildman–Crippen LogP) is -1.51. The summed E-state index contributed by atoms with van der Waals surface area (Å²) in [6.07, 6.45) is 1.62. The summed E-state index contributed by atoms with van der Waals surface area (Å²) in [6.45, 7) is 3.79. The van der Waals surface area contributed by atoms with Crippen molar-refractivity contribution in [1.29, 1.82) is 0 Å². The molecule has 0 spiro atoms. The SMILES string of the molecule is CC(C)C(NC(=O)C1CCCN1)C(=O)NC(CS)C(=O)NCC(=O)O. The van der Waals surface area contributed by atoms with E-state index in [0.29, 0.717) is 0 Å². The van der Waals surface area contributed by atoms with Crippen LogP contribution in [0.4, 0.5) is 0 Å². The number of carboxylic acid groups (broad SMARTS) is 1. The van der Waals surface area contributed by atoms with Crippen LogP contribution in [0.3, 0.4) is 0 Å². The minimum atomic E-state index is -1.19. The van der Waals surface area contributed by atoms with Crippen molar-refractivity contribution in [3.05, 3.63) is 0 Å². The van der Waals surface area contributed by atoms with Crippen LogP contribution in [0.5, 0.6) is 0 Å². The van der Waals surface area contributed by atoms with E-state index >= 15 is 0 Å². The lowest BCUT2D eigenvalue weighted by Gasteiger charge is -2.25. The van der Waals surface area contributed by atoms with Gasteiger partial charge in [-0.25, -0.2) is 0 Å². The Labute approximate surface area is 152 Å². The molecule has 0 aromatic rings. The fraction of sp³-hybridized carbons (Fsp3) is 0.733. The van der Waals surface area contributed by atoms with Gasteiger partial charge < -0.3 is 26.4 Å². The first-order valence-electron chi connectivity index (χ1n) is 8.20. The minimum Gasteiger partial charge on any atom is -0.480 e. The quantitative estimate of drug-likeness (QED) is 0.272. The van der Waals surface area contributed by atoms with E-state index in [4.69, 9.17) is 5.11 Å². The monoisotopic (exact) mass is 374 g/mol. The van der Waals surface area contributed by atoms with Crippen molar-refractivity contribution in [1.82, 2.24) is 21.3 Å². The van der Waals surface area contributed by atoms with Crippen molar-refractivity contribution >= 4 is 36.3 Å². The van der Waals surface area contributed by atoms with Gasteiger partial charge in [-0.1, -0.05) is 13.8 Å². The Bertz CT molecular complexity index is 508. The maximum absolute atomic E-state index is 12.5. The van der Waals surface area contributed by atoms with Crippen molar-refractivity contribution in [2.45, 2.75) is 44.8 Å². The van der Waals surface area contributed by atoms with E-state index in [1.807, 2.05) is 0 Å². The fourth-order valence-electron chi connectivity index (χ4n) is 2.44. The molecule has 25 heavy (non-hydrogen) atoms. The van der Waals surface area contributed by atoms with Gasteiger partial charge in [-0.05, 0) is 25.3 Å². The summed E-state index contributed by atoms with van der Waals surface area (Å²) in [5.41, 5.74) is 0. The zero-order valence-electron chi connectivity index (χ0n) is 14.4. The first-order chi connectivity index (χ1) is 11.8. The molecule has 1 aliphatic heterocycles. The number of carbonyl (C=O) groups excluding carboxylic acids is 3. The number of carbonyl (C=O) groups is 4. The van der Waals surface area contributed by atoms with Crippen LogP contribution in [-0.4, -0.2) is 65.8 Å². The molecule has 0 aromatic heterocycles. The Morgan fingerprint density at radius 1 is 1.20 bits per heavy atom. The second-order valence-corrected chi connectivity index (χ2v) is 6.60. The van der Waals surface area contributed by atoms with Crippen molar-refractivity contribution in [2.75, 3.05) is 18.8 Å². The third-order valence-corrected chi connectivity index (χ3v) is 4.22. The van der Waals surface area contributed by atoms with Gasteiger partial charge in [0, 0.05) is 5.75 Å². The molecule has 0 aliphatic carbocycles. The van der Waals surface area contributed by atoms with Gasteiger partial charge in [-0.15, -0.1) is 0 Å². The van der Waals surface area contributed by atoms with Gasteiger partial charge in [0.2, 0.25) is 17.7 Å². The maximum Gasteiger partial charge on any atom is 0.322 e. The summed E-state index contributed by atoms with van der Waals surface area (Å²) in [6, 6.07) is -2.10. The third-order valence-electron chi connectivity index (χ3n) is 3.85. The molecule has 0 radical (unpaired) electrons. The molecule has 1 rings (SSSR count). The van der Waals surface area contributed by atoms with Crippen molar-refractivity contribution in [3.8, 4) is 0 Å². The van der Waals surface area contributed by atoms with Gasteiger partial charge >= 0.3 is 5.97 Å². The number of carboxylic acids is 1. The Morgan fingerprint density at radius 2 is 1.88 bits per heavy atom. The highest BCUT2D eigenvalue weighted by Gasteiger charge is 2.31. The third kappa shape index (κ3) is 6.91. The lowest BCUT2D eigenvalue weighted by Crippen LogP contribution is -2.58. The molecule has 142 valence electrons. The molecule has 3 unspecified atom stereocenters. The van der Waals surface area contributed by atoms with E-state index in [9.17, 15) is 19.2 Å². The highest BCUT2D eigenvalue weighted by molar-refractivity contribution is 7.80. The predicted molar refractivity (Wildman–Crippen MR) is 94.2 cm³/mol. The molecular weight excluding hydrogens is 348 g/mol. The van der Waals surface area contributed by atoms with Crippen LogP contribution in [0, 0.1) is 5.92 Å². The molecule has 0 aromatic carbocycles. The zero-order chi connectivity index (χ0) is 19.0. The number of amides is 3. The normalized spacial score (nSPS) is 19.1. The first kappa shape index (κ1) is 21.2. The second-order valence-electron chi connectivity index (χ2n) is 6.23. The molecule has 1 aliphatic rings. The Hall–Kier alpha value is -1.81. The van der Waals surface area contributed by atoms with Crippen molar-refractivity contribution < 1.29 is 24.3 Å². The Balaban J connectivity index is 2.65. The number of hydrogen-bond acceptors (Lipinski definition) is 6. The van der Waals surface area contributed by atoms with Crippen LogP contribution in [0.2, 0.25) is 0 Å². The van der Waals surface area contributed by atoms with Gasteiger partial charge in [0.1, 0.15) is 18.6 Å². The van der Waals surface area contributed by atoms with E-state index < -0.39 is 36.4 Å². The van der Waals surface area contributed by atoms with Gasteiger partial charge in [0.05, 0.1) is 6.04 Å². The molecule has 3 atom stereocenters. The lowest BCUT2D eigenvalue weighted by molar-refractivity contribution is -0.138. The molecule has 3 amide bonds. The van der Waals surface area contributed by atoms with Gasteiger partial charge in [0.15, 0.2) is 0 Å². The van der Waals surface area contributed by atoms with Crippen LogP contribution >= 0.6 is 12.6 Å². The molecule has 0 saturated carbocycles. The smallest absolute Gasteiger partial charge is 0.322 e. The number of aliphatic carboxylic acids is 1. The summed E-state index contributed by atoms with van der Waals surface area (Å²) < 4.78 is 0. The largest absolute Gasteiger partial charge is 0.480 e. The molecule has 1 heterocycles. The van der Waals surface area contributed by atoms with Crippen LogP contribution < -0.4 is 21.3 Å². The highest BCUT2D eigenvalue weighted by atomic mass is 32.1. The molecule has 1 saturated heterocycles. The Morgan fingerprint density at radius 3 is 2.36 bits per heavy atom. The van der Waals surface area contributed by atoms with Crippen LogP contribution in [-0.2, 0) is 19.2 Å². The Kier molecular flexibility index (Phi) is 8.70. The van der Waals surface area contributed by atoms with E-state index in [1.165, 1.54) is 0 Å². The summed E-state index contributed by atoms with van der Waals surface area (Å²) in [5.74, 6) is -2.77. The topological polar surface area (TPSA) is 137 Å². The summed E-state index contributed by atoms with van der Waals surface area (Å²) in [5, 5.41) is 19.1. The van der Waals surface area contributed by atoms with E-state index in [-0.39, 0.29) is 23.6 Å². The van der Waals surface area contributed by atoms with Gasteiger partial charge in [-0.2, -0.15) is 12.6 Å². The van der Waals surface area contributed by atoms with Crippen LogP contribution in [0.1, 0.15) is 26.7 Å². The van der Waals surface area contributed by atoms with E-state index in [2.05, 4.69) is 33.9 Å². The molecular formula is C15H26N4O5S. The summed E-state index contributed by atoms with van der Waals surface area (Å²) in [7, 11) is 0. The van der Waals surface area contributed by atoms with E-state index in [1.54, 1.807) is 13.8 Å². The van der Waals surface area contributed by atoms with Crippen LogP contribution in [0.15, 0.2) is 0 Å².